The number of hydrogen-bond acceptors (Lipinski definition) is 12. The average Bonchev–Trinajstić information content (AvgIpc) is 3.90. The van der Waals surface area contributed by atoms with E-state index in [0.717, 1.165) is 31.2 Å². The molecule has 1 aromatic rings. The number of ketones is 1. The van der Waals surface area contributed by atoms with Crippen LogP contribution in [0.2, 0.25) is 0 Å². The summed E-state index contributed by atoms with van der Waals surface area (Å²) in [7, 11) is 2.72. The van der Waals surface area contributed by atoms with Crippen molar-refractivity contribution in [3.8, 4) is 5.75 Å². The number of fused-ring (bicyclic) bond motifs is 2. The molecule has 4 saturated carbocycles. The fraction of sp³-hybridized carbons (Fsp3) is 0.796. The number of carbonyl (C=O) groups is 2. The second-order valence-corrected chi connectivity index (χ2v) is 24.6. The van der Waals surface area contributed by atoms with Crippen molar-refractivity contribution in [2.75, 3.05) is 18.1 Å². The van der Waals surface area contributed by atoms with Gasteiger partial charge in [0.1, 0.15) is 17.3 Å². The lowest BCUT2D eigenvalue weighted by molar-refractivity contribution is -0.198. The molecular weight excluding hydrogens is 827 g/mol. The van der Waals surface area contributed by atoms with Crippen LogP contribution in [0.15, 0.2) is 29.8 Å². The summed E-state index contributed by atoms with van der Waals surface area (Å²) in [5.74, 6) is -0.559. The molecule has 1 amide bonds. The number of aliphatic hydroxyl groups excluding tert-OH is 4. The van der Waals surface area contributed by atoms with E-state index in [1.807, 2.05) is 24.8 Å². The van der Waals surface area contributed by atoms with Crippen molar-refractivity contribution in [2.45, 2.75) is 177 Å². The van der Waals surface area contributed by atoms with Crippen LogP contribution >= 0.6 is 21.6 Å². The van der Waals surface area contributed by atoms with Gasteiger partial charge in [-0.05, 0) is 155 Å². The van der Waals surface area contributed by atoms with E-state index < -0.39 is 68.4 Å². The number of nitrogens with zero attached hydrogens (tertiary/aromatic N) is 1. The Labute approximate surface area is 375 Å². The average molecular weight is 898 g/mol. The molecule has 2 saturated heterocycles. The van der Waals surface area contributed by atoms with Crippen LogP contribution in [0.3, 0.4) is 0 Å². The Morgan fingerprint density at radius 1 is 0.952 bits per heavy atom. The standard InChI is InChI=1S/C49H71NO10S2/c1-27(2)28(3)40-41(60-40)45(5,58)38-13-17-49(59)34-24-39(55)48-26-36(54)35(53)25-44(48,4)32(34)12-16-47(38,49)15-11-29-21-30(23-31(52)22-29)50-19-18-46(42(50)56)14-7-6-9-33(46)37(10-8-20-51)61-62-43(48)57/h21-24,27-28,32-33,35-38,40-41,43,51-54,57-59H,6-20,25-26H2,1-5H3. The van der Waals surface area contributed by atoms with Crippen molar-refractivity contribution < 1.29 is 50.1 Å². The fourth-order valence-electron chi connectivity index (χ4n) is 15.3. The number of rotatable bonds is 7. The highest BCUT2D eigenvalue weighted by Crippen LogP contribution is 2.74. The molecule has 13 heteroatoms. The van der Waals surface area contributed by atoms with Gasteiger partial charge in [-0.2, -0.15) is 0 Å². The predicted octanol–water partition coefficient (Wildman–Crippen LogP) is 6.46. The maximum Gasteiger partial charge on any atom is 0.233 e. The quantitative estimate of drug-likeness (QED) is 0.117. The van der Waals surface area contributed by atoms with E-state index in [-0.39, 0.29) is 60.1 Å². The monoisotopic (exact) mass is 897 g/mol. The number of epoxide rings is 1. The Morgan fingerprint density at radius 2 is 1.71 bits per heavy atom. The van der Waals surface area contributed by atoms with Crippen molar-refractivity contribution in [3.05, 3.63) is 35.4 Å². The summed E-state index contributed by atoms with van der Waals surface area (Å²) < 4.78 is 6.34. The molecule has 8 bridgehead atoms. The number of ether oxygens (including phenoxy) is 1. The van der Waals surface area contributed by atoms with Crippen LogP contribution in [-0.2, 0) is 20.7 Å². The minimum Gasteiger partial charge on any atom is -0.508 e. The number of carbonyl (C=O) groups excluding carboxylic acids is 2. The zero-order valence-electron chi connectivity index (χ0n) is 37.3. The van der Waals surface area contributed by atoms with Gasteiger partial charge < -0.3 is 45.4 Å². The second-order valence-electron chi connectivity index (χ2n) is 22.0. The van der Waals surface area contributed by atoms with Crippen LogP contribution in [0.1, 0.15) is 130 Å². The second kappa shape index (κ2) is 16.0. The van der Waals surface area contributed by atoms with Crippen molar-refractivity contribution in [1.29, 1.82) is 0 Å². The van der Waals surface area contributed by atoms with Crippen molar-refractivity contribution >= 4 is 39.0 Å². The first-order chi connectivity index (χ1) is 29.3. The van der Waals surface area contributed by atoms with Gasteiger partial charge in [0.25, 0.3) is 0 Å². The summed E-state index contributed by atoms with van der Waals surface area (Å²) in [6.45, 7) is 10.8. The number of amides is 1. The van der Waals surface area contributed by atoms with Gasteiger partial charge in [0.05, 0.1) is 40.3 Å². The van der Waals surface area contributed by atoms with Gasteiger partial charge in [0, 0.05) is 35.6 Å². The van der Waals surface area contributed by atoms with Crippen LogP contribution < -0.4 is 4.90 Å². The molecule has 11 rings (SSSR count). The van der Waals surface area contributed by atoms with Crippen LogP contribution in [-0.4, -0.2) is 107 Å². The first-order valence-corrected chi connectivity index (χ1v) is 26.1. The number of hydrogen-bond donors (Lipinski definition) is 7. The third-order valence-corrected chi connectivity index (χ3v) is 22.1. The van der Waals surface area contributed by atoms with Crippen LogP contribution in [0.25, 0.3) is 0 Å². The van der Waals surface area contributed by atoms with Crippen LogP contribution in [0.4, 0.5) is 5.69 Å². The molecule has 16 unspecified atom stereocenters. The molecule has 344 valence electrons. The van der Waals surface area contributed by atoms with E-state index in [9.17, 15) is 35.7 Å². The Kier molecular flexibility index (Phi) is 11.7. The largest absolute Gasteiger partial charge is 0.508 e. The number of anilines is 1. The van der Waals surface area contributed by atoms with E-state index >= 15 is 9.59 Å². The molecular formula is C49H71NO10S2. The van der Waals surface area contributed by atoms with Gasteiger partial charge >= 0.3 is 0 Å². The lowest BCUT2D eigenvalue weighted by atomic mass is 9.40. The van der Waals surface area contributed by atoms with Crippen molar-refractivity contribution in [1.82, 2.24) is 0 Å². The van der Waals surface area contributed by atoms with E-state index in [1.54, 1.807) is 18.2 Å². The van der Waals surface area contributed by atoms with Gasteiger partial charge in [-0.1, -0.05) is 62.1 Å². The zero-order chi connectivity index (χ0) is 44.4. The minimum atomic E-state index is -1.53. The summed E-state index contributed by atoms with van der Waals surface area (Å²) in [5.41, 5.74) is -6.14. The smallest absolute Gasteiger partial charge is 0.233 e. The van der Waals surface area contributed by atoms with E-state index in [1.165, 1.54) is 21.6 Å². The first-order valence-electron chi connectivity index (χ1n) is 23.8. The highest BCUT2D eigenvalue weighted by atomic mass is 33.1. The summed E-state index contributed by atoms with van der Waals surface area (Å²) in [4.78, 5) is 32.2. The maximum atomic E-state index is 15.4. The topological polar surface area (TPSA) is 192 Å². The molecule has 6 fully saturated rings. The van der Waals surface area contributed by atoms with Crippen molar-refractivity contribution in [2.24, 2.45) is 51.2 Å². The molecule has 7 N–H and O–H groups in total. The third-order valence-electron chi connectivity index (χ3n) is 19.0. The Morgan fingerprint density at radius 3 is 2.45 bits per heavy atom. The number of phenols is 1. The SMILES string of the molecule is CC(C)C(C)C1OC1C(C)(O)C1CCC2(O)C3=CC(=O)C45CC(O)C(O)CC4(C)C3CCC12CCc1cc(O)cc(c1)N1CCC2(CCCCC2C(CCCO)SSC5O)C1=O. The number of benzene rings is 1. The number of aryl methyl sites for hydroxylation is 1. The van der Waals surface area contributed by atoms with Gasteiger partial charge in [0.2, 0.25) is 5.91 Å². The zero-order valence-corrected chi connectivity index (χ0v) is 38.9. The molecule has 16 atom stereocenters. The van der Waals surface area contributed by atoms with Gasteiger partial charge in [-0.3, -0.25) is 9.59 Å². The summed E-state index contributed by atoms with van der Waals surface area (Å²) in [6.07, 6.45) is 6.55. The lowest BCUT2D eigenvalue weighted by Gasteiger charge is -2.65. The Bertz CT molecular complexity index is 1960. The minimum absolute atomic E-state index is 0.0119. The third kappa shape index (κ3) is 6.53. The van der Waals surface area contributed by atoms with Crippen LogP contribution in [0.5, 0.6) is 5.75 Å². The number of phenolic OH excluding ortho intramolecular Hbond substituents is 1. The Balaban J connectivity index is 1.20. The summed E-state index contributed by atoms with van der Waals surface area (Å²) in [5, 5.41) is 83.5. The lowest BCUT2D eigenvalue weighted by Crippen LogP contribution is -2.68. The number of aromatic hydroxyl groups is 1. The molecule has 10 aliphatic rings. The van der Waals surface area contributed by atoms with Crippen LogP contribution in [0, 0.1) is 51.2 Å². The van der Waals surface area contributed by atoms with E-state index in [2.05, 4.69) is 20.8 Å². The van der Waals surface area contributed by atoms with Gasteiger partial charge in [-0.25, -0.2) is 0 Å². The molecule has 0 aromatic heterocycles. The van der Waals surface area contributed by atoms with E-state index in [0.29, 0.717) is 81.5 Å². The number of aliphatic hydroxyl groups is 6. The molecule has 0 radical (unpaired) electrons. The molecule has 5 aliphatic carbocycles. The Hall–Kier alpha value is -1.68. The van der Waals surface area contributed by atoms with Gasteiger partial charge in [0.15, 0.2) is 5.78 Å². The van der Waals surface area contributed by atoms with Gasteiger partial charge in [-0.15, -0.1) is 0 Å². The highest BCUT2D eigenvalue weighted by molar-refractivity contribution is 8.77. The maximum absolute atomic E-state index is 15.4. The van der Waals surface area contributed by atoms with Crippen molar-refractivity contribution in [3.63, 3.8) is 0 Å². The fourth-order valence-corrected chi connectivity index (χ4v) is 18.9. The summed E-state index contributed by atoms with van der Waals surface area (Å²) in [6, 6.07) is 5.43. The molecule has 1 aromatic carbocycles. The molecule has 11 nitrogen and oxygen atoms in total. The van der Waals surface area contributed by atoms with E-state index in [4.69, 9.17) is 4.74 Å². The molecule has 3 spiro atoms. The first kappa shape index (κ1) is 45.5. The summed E-state index contributed by atoms with van der Waals surface area (Å²) >= 11 is 0. The normalized spacial score (nSPS) is 45.6. The molecule has 5 heterocycles. The highest BCUT2D eigenvalue weighted by Gasteiger charge is 2.75. The molecule has 62 heavy (non-hydrogen) atoms. The predicted molar refractivity (Wildman–Crippen MR) is 240 cm³/mol. The number of allylic oxidation sites excluding steroid dienone is 1. The molecule has 5 aliphatic heterocycles.